The predicted molar refractivity (Wildman–Crippen MR) is 67.9 cm³/mol. The van der Waals surface area contributed by atoms with Crippen LogP contribution in [0.25, 0.3) is 5.65 Å². The van der Waals surface area contributed by atoms with Crippen molar-refractivity contribution >= 4 is 11.5 Å². The maximum atomic E-state index is 11.4. The number of fused-ring (bicyclic) bond motifs is 1. The summed E-state index contributed by atoms with van der Waals surface area (Å²) in [4.78, 5) is 15.7. The van der Waals surface area contributed by atoms with Gasteiger partial charge in [0.25, 0.3) is 0 Å². The lowest BCUT2D eigenvalue weighted by Gasteiger charge is -2.06. The highest BCUT2D eigenvalue weighted by Crippen LogP contribution is 2.07. The van der Waals surface area contributed by atoms with Gasteiger partial charge in [0.15, 0.2) is 5.65 Å². The third-order valence-electron chi connectivity index (χ3n) is 2.65. The second-order valence-corrected chi connectivity index (χ2v) is 4.04. The van der Waals surface area contributed by atoms with Gasteiger partial charge in [0.05, 0.1) is 0 Å². The number of aromatic amines is 1. The fourth-order valence-electron chi connectivity index (χ4n) is 1.78. The van der Waals surface area contributed by atoms with Crippen LogP contribution in [0, 0.1) is 6.92 Å². The molecule has 0 bridgehead atoms. The van der Waals surface area contributed by atoms with Crippen molar-refractivity contribution in [2.24, 2.45) is 0 Å². The number of nitrogens with zero attached hydrogens (tertiary/aromatic N) is 3. The molecule has 2 heterocycles. The number of hydrogen-bond acceptors (Lipinski definition) is 5. The molecule has 7 nitrogen and oxygen atoms in total. The molecule has 0 fully saturated rings. The van der Waals surface area contributed by atoms with Gasteiger partial charge >= 0.3 is 5.69 Å². The van der Waals surface area contributed by atoms with Gasteiger partial charge in [-0.15, -0.1) is 0 Å². The molecule has 0 saturated carbocycles. The lowest BCUT2D eigenvalue weighted by molar-refractivity contribution is 0.194. The normalized spacial score (nSPS) is 11.0. The lowest BCUT2D eigenvalue weighted by Crippen LogP contribution is -2.14. The second kappa shape index (κ2) is 5.63. The number of anilines is 1. The number of aryl methyl sites for hydroxylation is 1. The van der Waals surface area contributed by atoms with Gasteiger partial charge in [0.1, 0.15) is 11.6 Å². The molecule has 18 heavy (non-hydrogen) atoms. The number of H-pyrrole nitrogens is 1. The van der Waals surface area contributed by atoms with Crippen molar-refractivity contribution in [1.29, 1.82) is 0 Å². The van der Waals surface area contributed by atoms with Crippen molar-refractivity contribution in [3.63, 3.8) is 0 Å². The molecule has 0 aliphatic rings. The molecule has 2 aromatic heterocycles. The van der Waals surface area contributed by atoms with Gasteiger partial charge < -0.3 is 10.1 Å². The van der Waals surface area contributed by atoms with Crippen LogP contribution in [0.4, 0.5) is 5.82 Å². The summed E-state index contributed by atoms with van der Waals surface area (Å²) >= 11 is 0. The smallest absolute Gasteiger partial charge is 0.349 e. The molecule has 0 spiro atoms. The molecule has 2 N–H and O–H groups in total. The van der Waals surface area contributed by atoms with Crippen LogP contribution in [-0.2, 0) is 4.74 Å². The molecule has 0 aliphatic heterocycles. The third-order valence-corrected chi connectivity index (χ3v) is 2.65. The molecule has 98 valence electrons. The second-order valence-electron chi connectivity index (χ2n) is 4.04. The minimum Gasteiger partial charge on any atom is -0.385 e. The van der Waals surface area contributed by atoms with Gasteiger partial charge in [-0.3, -0.25) is 0 Å². The van der Waals surface area contributed by atoms with Gasteiger partial charge in [-0.05, 0) is 19.8 Å². The van der Waals surface area contributed by atoms with E-state index in [2.05, 4.69) is 20.5 Å². The largest absolute Gasteiger partial charge is 0.385 e. The van der Waals surface area contributed by atoms with E-state index in [4.69, 9.17) is 4.74 Å². The first-order valence-corrected chi connectivity index (χ1v) is 5.90. The number of hydrogen-bond donors (Lipinski definition) is 2. The van der Waals surface area contributed by atoms with Crippen LogP contribution >= 0.6 is 0 Å². The maximum Gasteiger partial charge on any atom is 0.349 e. The van der Waals surface area contributed by atoms with Crippen molar-refractivity contribution in [3.05, 3.63) is 22.4 Å². The summed E-state index contributed by atoms with van der Waals surface area (Å²) in [5, 5.41) is 9.53. The van der Waals surface area contributed by atoms with E-state index in [0.29, 0.717) is 11.5 Å². The summed E-state index contributed by atoms with van der Waals surface area (Å²) in [6.45, 7) is 3.36. The summed E-state index contributed by atoms with van der Waals surface area (Å²) in [6, 6.07) is 1.75. The average Bonchev–Trinajstić information content (AvgIpc) is 2.71. The van der Waals surface area contributed by atoms with Gasteiger partial charge in [0, 0.05) is 26.3 Å². The lowest BCUT2D eigenvalue weighted by atomic mass is 10.3. The van der Waals surface area contributed by atoms with Crippen LogP contribution in [-0.4, -0.2) is 39.8 Å². The molecule has 0 amide bonds. The summed E-state index contributed by atoms with van der Waals surface area (Å²) in [5.41, 5.74) is 0.313. The van der Waals surface area contributed by atoms with Gasteiger partial charge in [0.2, 0.25) is 0 Å². The monoisotopic (exact) mass is 251 g/mol. The maximum absolute atomic E-state index is 11.4. The first-order valence-electron chi connectivity index (χ1n) is 5.90. The van der Waals surface area contributed by atoms with Crippen molar-refractivity contribution in [3.8, 4) is 0 Å². The van der Waals surface area contributed by atoms with Gasteiger partial charge in [-0.25, -0.2) is 19.3 Å². The quantitative estimate of drug-likeness (QED) is 0.733. The Balaban J connectivity index is 2.03. The molecular weight excluding hydrogens is 234 g/mol. The Morgan fingerprint density at radius 1 is 1.50 bits per heavy atom. The van der Waals surface area contributed by atoms with Crippen molar-refractivity contribution in [2.45, 2.75) is 19.8 Å². The molecule has 0 aliphatic carbocycles. The predicted octanol–water partition coefficient (Wildman–Crippen LogP) is 0.565. The Kier molecular flexibility index (Phi) is 3.93. The molecule has 0 saturated heterocycles. The molecule has 2 rings (SSSR count). The van der Waals surface area contributed by atoms with E-state index >= 15 is 0 Å². The Morgan fingerprint density at radius 3 is 3.11 bits per heavy atom. The molecule has 0 radical (unpaired) electrons. The van der Waals surface area contributed by atoms with Crippen LogP contribution in [0.5, 0.6) is 0 Å². The van der Waals surface area contributed by atoms with Crippen molar-refractivity contribution in [2.75, 3.05) is 25.6 Å². The fourth-order valence-corrected chi connectivity index (χ4v) is 1.78. The van der Waals surface area contributed by atoms with E-state index in [1.54, 1.807) is 20.1 Å². The Hall–Kier alpha value is -1.89. The highest BCUT2D eigenvalue weighted by Gasteiger charge is 2.06. The molecule has 2 aromatic rings. The highest BCUT2D eigenvalue weighted by molar-refractivity contribution is 5.49. The Labute approximate surface area is 104 Å². The highest BCUT2D eigenvalue weighted by atomic mass is 16.5. The van der Waals surface area contributed by atoms with Crippen molar-refractivity contribution in [1.82, 2.24) is 19.6 Å². The number of unbranched alkanes of at least 4 members (excludes halogenated alkanes) is 1. The van der Waals surface area contributed by atoms with E-state index in [0.717, 1.165) is 31.8 Å². The molecule has 7 heteroatoms. The molecular formula is C11H17N5O2. The topological polar surface area (TPSA) is 84.3 Å². The van der Waals surface area contributed by atoms with E-state index in [1.807, 2.05) is 0 Å². The zero-order chi connectivity index (χ0) is 13.0. The Bertz CT molecular complexity index is 574. The summed E-state index contributed by atoms with van der Waals surface area (Å²) in [5.74, 6) is 1.35. The first kappa shape index (κ1) is 12.6. The molecule has 0 aromatic carbocycles. The van der Waals surface area contributed by atoms with Crippen LogP contribution in [0.1, 0.15) is 18.7 Å². The SMILES string of the molecule is COCCCCNc1cc2n[nH]c(=O)n2c(C)n1. The number of rotatable bonds is 6. The number of nitrogens with one attached hydrogen (secondary N) is 2. The third kappa shape index (κ3) is 2.67. The van der Waals surface area contributed by atoms with Crippen LogP contribution in [0.2, 0.25) is 0 Å². The van der Waals surface area contributed by atoms with E-state index in [-0.39, 0.29) is 5.69 Å². The zero-order valence-corrected chi connectivity index (χ0v) is 10.6. The summed E-state index contributed by atoms with van der Waals surface area (Å²) in [7, 11) is 1.70. The molecule has 0 atom stereocenters. The fraction of sp³-hybridized carbons (Fsp3) is 0.545. The van der Waals surface area contributed by atoms with Crippen LogP contribution < -0.4 is 11.0 Å². The summed E-state index contributed by atoms with van der Waals surface area (Å²) in [6.07, 6.45) is 2.01. The zero-order valence-electron chi connectivity index (χ0n) is 10.6. The average molecular weight is 251 g/mol. The van der Waals surface area contributed by atoms with E-state index < -0.39 is 0 Å². The van der Waals surface area contributed by atoms with Crippen LogP contribution in [0.3, 0.4) is 0 Å². The summed E-state index contributed by atoms with van der Waals surface area (Å²) < 4.78 is 6.42. The van der Waals surface area contributed by atoms with E-state index in [9.17, 15) is 4.79 Å². The van der Waals surface area contributed by atoms with E-state index in [1.165, 1.54) is 4.40 Å². The number of aromatic nitrogens is 4. The van der Waals surface area contributed by atoms with Gasteiger partial charge in [-0.1, -0.05) is 0 Å². The standard InChI is InChI=1S/C11H17N5O2/c1-8-13-9(12-5-3-4-6-18-2)7-10-14-15-11(17)16(8)10/h7,12H,3-6H2,1-2H3,(H,15,17). The van der Waals surface area contributed by atoms with Gasteiger partial charge in [-0.2, -0.15) is 5.10 Å². The number of methoxy groups -OCH3 is 1. The van der Waals surface area contributed by atoms with Crippen molar-refractivity contribution < 1.29 is 4.74 Å². The minimum atomic E-state index is -0.262. The molecule has 0 unspecified atom stereocenters. The first-order chi connectivity index (χ1) is 8.72. The Morgan fingerprint density at radius 2 is 2.33 bits per heavy atom. The van der Waals surface area contributed by atoms with Crippen LogP contribution in [0.15, 0.2) is 10.9 Å². The minimum absolute atomic E-state index is 0.262. The number of ether oxygens (including phenoxy) is 1.